The number of carbonyl (C=O) groups excluding carboxylic acids is 1. The molecule has 0 spiro atoms. The van der Waals surface area contributed by atoms with Crippen molar-refractivity contribution in [1.82, 2.24) is 0 Å². The molecular formula is C19H22N2O3S. The van der Waals surface area contributed by atoms with Crippen LogP contribution in [-0.4, -0.2) is 20.9 Å². The second kappa shape index (κ2) is 6.52. The van der Waals surface area contributed by atoms with Gasteiger partial charge in [0.15, 0.2) is 0 Å². The molecule has 0 bridgehead atoms. The standard InChI is InChI=1S/C19H22N2O3S/c1-13-6-4-7-18(15(13)3)25(23,24)20-16-9-10-17(14(2)12-16)21-11-5-8-19(21)22/h4,6-7,9-10,12,20H,5,8,11H2,1-3H3. The Hall–Kier alpha value is -2.34. The van der Waals surface area contributed by atoms with Crippen LogP contribution in [0.1, 0.15) is 29.5 Å². The highest BCUT2D eigenvalue weighted by Crippen LogP contribution is 2.29. The molecule has 0 aliphatic carbocycles. The van der Waals surface area contributed by atoms with E-state index in [0.29, 0.717) is 18.7 Å². The topological polar surface area (TPSA) is 66.5 Å². The van der Waals surface area contributed by atoms with Gasteiger partial charge in [0.1, 0.15) is 0 Å². The Labute approximate surface area is 148 Å². The number of hydrogen-bond acceptors (Lipinski definition) is 3. The molecule has 1 saturated heterocycles. The van der Waals surface area contributed by atoms with E-state index in [1.807, 2.05) is 19.9 Å². The maximum atomic E-state index is 12.7. The van der Waals surface area contributed by atoms with Gasteiger partial charge in [0.2, 0.25) is 5.91 Å². The molecule has 3 rings (SSSR count). The molecule has 132 valence electrons. The summed E-state index contributed by atoms with van der Waals surface area (Å²) in [6.45, 7) is 6.29. The third-order valence-corrected chi connectivity index (χ3v) is 6.18. The Bertz CT molecular complexity index is 936. The summed E-state index contributed by atoms with van der Waals surface area (Å²) >= 11 is 0. The molecule has 0 atom stereocenters. The predicted octanol–water partition coefficient (Wildman–Crippen LogP) is 3.54. The highest BCUT2D eigenvalue weighted by molar-refractivity contribution is 7.92. The van der Waals surface area contributed by atoms with Gasteiger partial charge in [-0.3, -0.25) is 9.52 Å². The average molecular weight is 358 g/mol. The molecule has 1 aliphatic heterocycles. The first kappa shape index (κ1) is 17.5. The summed E-state index contributed by atoms with van der Waals surface area (Å²) in [4.78, 5) is 14.0. The van der Waals surface area contributed by atoms with E-state index >= 15 is 0 Å². The van der Waals surface area contributed by atoms with Gasteiger partial charge < -0.3 is 4.90 Å². The first-order valence-corrected chi connectivity index (χ1v) is 9.78. The lowest BCUT2D eigenvalue weighted by molar-refractivity contribution is -0.117. The van der Waals surface area contributed by atoms with E-state index in [0.717, 1.165) is 28.8 Å². The number of aryl methyl sites for hydroxylation is 2. The van der Waals surface area contributed by atoms with Crippen molar-refractivity contribution in [3.63, 3.8) is 0 Å². The minimum Gasteiger partial charge on any atom is -0.312 e. The van der Waals surface area contributed by atoms with Gasteiger partial charge in [0.05, 0.1) is 4.90 Å². The SMILES string of the molecule is Cc1cc(NS(=O)(=O)c2cccc(C)c2C)ccc1N1CCCC1=O. The molecule has 1 amide bonds. The van der Waals surface area contributed by atoms with E-state index in [2.05, 4.69) is 4.72 Å². The second-order valence-corrected chi connectivity index (χ2v) is 8.10. The Balaban J connectivity index is 1.89. The number of hydrogen-bond donors (Lipinski definition) is 1. The number of anilines is 2. The van der Waals surface area contributed by atoms with Crippen LogP contribution < -0.4 is 9.62 Å². The summed E-state index contributed by atoms with van der Waals surface area (Å²) in [5.41, 5.74) is 3.88. The zero-order chi connectivity index (χ0) is 18.2. The van der Waals surface area contributed by atoms with Gasteiger partial charge in [-0.1, -0.05) is 12.1 Å². The van der Waals surface area contributed by atoms with Crippen molar-refractivity contribution in [3.05, 3.63) is 53.1 Å². The van der Waals surface area contributed by atoms with Crippen molar-refractivity contribution in [1.29, 1.82) is 0 Å². The zero-order valence-corrected chi connectivity index (χ0v) is 15.5. The lowest BCUT2D eigenvalue weighted by atomic mass is 10.1. The number of nitrogens with one attached hydrogen (secondary N) is 1. The van der Waals surface area contributed by atoms with Crippen molar-refractivity contribution < 1.29 is 13.2 Å². The van der Waals surface area contributed by atoms with Crippen LogP contribution in [-0.2, 0) is 14.8 Å². The van der Waals surface area contributed by atoms with Gasteiger partial charge in [-0.25, -0.2) is 8.42 Å². The third-order valence-electron chi connectivity index (χ3n) is 4.66. The van der Waals surface area contributed by atoms with Crippen molar-refractivity contribution in [2.24, 2.45) is 0 Å². The van der Waals surface area contributed by atoms with Crippen LogP contribution in [0.2, 0.25) is 0 Å². The quantitative estimate of drug-likeness (QED) is 0.909. The molecule has 2 aromatic carbocycles. The lowest BCUT2D eigenvalue weighted by Gasteiger charge is -2.19. The summed E-state index contributed by atoms with van der Waals surface area (Å²) in [6.07, 6.45) is 1.43. The van der Waals surface area contributed by atoms with Crippen LogP contribution in [0.15, 0.2) is 41.3 Å². The number of sulfonamides is 1. The highest BCUT2D eigenvalue weighted by atomic mass is 32.2. The summed E-state index contributed by atoms with van der Waals surface area (Å²) in [5.74, 6) is 0.117. The first-order chi connectivity index (χ1) is 11.8. The van der Waals surface area contributed by atoms with Crippen LogP contribution in [0.3, 0.4) is 0 Å². The smallest absolute Gasteiger partial charge is 0.262 e. The van der Waals surface area contributed by atoms with E-state index in [1.165, 1.54) is 0 Å². The maximum absolute atomic E-state index is 12.7. The zero-order valence-electron chi connectivity index (χ0n) is 14.7. The third kappa shape index (κ3) is 3.39. The molecule has 6 heteroatoms. The molecule has 1 heterocycles. The summed E-state index contributed by atoms with van der Waals surface area (Å²) in [7, 11) is -3.66. The van der Waals surface area contributed by atoms with Crippen molar-refractivity contribution >= 4 is 27.3 Å². The van der Waals surface area contributed by atoms with Gasteiger partial charge in [0.25, 0.3) is 10.0 Å². The highest BCUT2D eigenvalue weighted by Gasteiger charge is 2.23. The predicted molar refractivity (Wildman–Crippen MR) is 99.5 cm³/mol. The van der Waals surface area contributed by atoms with Crippen LogP contribution >= 0.6 is 0 Å². The fraction of sp³-hybridized carbons (Fsp3) is 0.316. The lowest BCUT2D eigenvalue weighted by Crippen LogP contribution is -2.24. The molecule has 0 unspecified atom stereocenters. The van der Waals surface area contributed by atoms with E-state index in [1.54, 1.807) is 42.2 Å². The number of nitrogens with zero attached hydrogens (tertiary/aromatic N) is 1. The number of carbonyl (C=O) groups is 1. The van der Waals surface area contributed by atoms with Gasteiger partial charge in [-0.15, -0.1) is 0 Å². The minimum absolute atomic E-state index is 0.117. The Morgan fingerprint density at radius 3 is 2.44 bits per heavy atom. The van der Waals surface area contributed by atoms with E-state index < -0.39 is 10.0 Å². The molecular weight excluding hydrogens is 336 g/mol. The summed E-state index contributed by atoms with van der Waals surface area (Å²) in [5, 5.41) is 0. The fourth-order valence-electron chi connectivity index (χ4n) is 3.15. The largest absolute Gasteiger partial charge is 0.312 e. The molecule has 0 radical (unpaired) electrons. The second-order valence-electron chi connectivity index (χ2n) is 6.45. The Morgan fingerprint density at radius 1 is 1.04 bits per heavy atom. The van der Waals surface area contributed by atoms with Gasteiger partial charge in [-0.2, -0.15) is 0 Å². The first-order valence-electron chi connectivity index (χ1n) is 8.29. The average Bonchev–Trinajstić information content (AvgIpc) is 2.95. The van der Waals surface area contributed by atoms with E-state index in [-0.39, 0.29) is 10.8 Å². The van der Waals surface area contributed by atoms with Gasteiger partial charge in [0, 0.05) is 24.3 Å². The monoisotopic (exact) mass is 358 g/mol. The van der Waals surface area contributed by atoms with E-state index in [4.69, 9.17) is 0 Å². The number of amides is 1. The van der Waals surface area contributed by atoms with Crippen LogP contribution in [0.5, 0.6) is 0 Å². The molecule has 5 nitrogen and oxygen atoms in total. The van der Waals surface area contributed by atoms with Crippen LogP contribution in [0, 0.1) is 20.8 Å². The molecule has 2 aromatic rings. The van der Waals surface area contributed by atoms with Gasteiger partial charge >= 0.3 is 0 Å². The van der Waals surface area contributed by atoms with Gasteiger partial charge in [-0.05, 0) is 68.1 Å². The molecule has 0 saturated carbocycles. The molecule has 25 heavy (non-hydrogen) atoms. The van der Waals surface area contributed by atoms with Crippen LogP contribution in [0.25, 0.3) is 0 Å². The molecule has 1 fully saturated rings. The molecule has 1 aliphatic rings. The Morgan fingerprint density at radius 2 is 1.80 bits per heavy atom. The number of rotatable bonds is 4. The summed E-state index contributed by atoms with van der Waals surface area (Å²) in [6, 6.07) is 10.5. The normalized spacial score (nSPS) is 14.8. The van der Waals surface area contributed by atoms with Crippen LogP contribution in [0.4, 0.5) is 11.4 Å². The molecule has 0 aromatic heterocycles. The van der Waals surface area contributed by atoms with Crippen molar-refractivity contribution in [2.45, 2.75) is 38.5 Å². The van der Waals surface area contributed by atoms with Crippen molar-refractivity contribution in [3.8, 4) is 0 Å². The maximum Gasteiger partial charge on any atom is 0.262 e. The minimum atomic E-state index is -3.66. The van der Waals surface area contributed by atoms with Crippen molar-refractivity contribution in [2.75, 3.05) is 16.2 Å². The fourth-order valence-corrected chi connectivity index (χ4v) is 4.52. The molecule has 1 N–H and O–H groups in total. The van der Waals surface area contributed by atoms with E-state index in [9.17, 15) is 13.2 Å². The summed E-state index contributed by atoms with van der Waals surface area (Å²) < 4.78 is 28.0. The number of benzene rings is 2. The Kier molecular flexibility index (Phi) is 4.56.